The largest absolute Gasteiger partial charge is 0.426 e. The highest BCUT2D eigenvalue weighted by Crippen LogP contribution is 2.60. The molecule has 4 bridgehead atoms. The summed E-state index contributed by atoms with van der Waals surface area (Å²) in [5, 5.41) is 0. The van der Waals surface area contributed by atoms with Gasteiger partial charge >= 0.3 is 5.97 Å². The van der Waals surface area contributed by atoms with E-state index in [4.69, 9.17) is 4.74 Å². The lowest BCUT2D eigenvalue weighted by molar-refractivity contribution is -0.161. The molecule has 0 unspecified atom stereocenters. The summed E-state index contributed by atoms with van der Waals surface area (Å²) in [6.07, 6.45) is 21.7. The molecular weight excluding hydrogens is 885 g/mol. The van der Waals surface area contributed by atoms with Gasteiger partial charge in [-0.1, -0.05) is 98.1 Å². The fourth-order valence-electron chi connectivity index (χ4n) is 12.5. The SMILES string of the molecule is O=C(C[S+]1CCCC1)c1ccc(-c2ccccc2)cc1.O=C(C[S+]1CCCC1)c1ccc(C2CCCCC2)cc1.O=C(C[S+]1CCCC1)c1ccc(OC(=O)C23CC4CC(CC(C4)C2)C3)cc1. The van der Waals surface area contributed by atoms with Crippen LogP contribution in [-0.4, -0.2) is 75.1 Å². The first-order chi connectivity index (χ1) is 32.7. The first-order valence-corrected chi connectivity index (χ1v) is 31.0. The van der Waals surface area contributed by atoms with Crippen molar-refractivity contribution < 1.29 is 23.9 Å². The number of carbonyl (C=O) groups excluding carboxylic acids is 4. The Kier molecular flexibility index (Phi) is 16.9. The van der Waals surface area contributed by atoms with Crippen LogP contribution in [0.1, 0.15) is 152 Å². The van der Waals surface area contributed by atoms with Crippen molar-refractivity contribution in [1.29, 1.82) is 0 Å². The van der Waals surface area contributed by atoms with Crippen LogP contribution in [0.5, 0.6) is 5.75 Å². The molecule has 8 aliphatic rings. The van der Waals surface area contributed by atoms with Crippen molar-refractivity contribution in [3.8, 4) is 16.9 Å². The van der Waals surface area contributed by atoms with Gasteiger partial charge in [0.1, 0.15) is 40.3 Å². The molecule has 8 heteroatoms. The summed E-state index contributed by atoms with van der Waals surface area (Å²) in [4.78, 5) is 50.0. The topological polar surface area (TPSA) is 77.5 Å². The maximum absolute atomic E-state index is 13.0. The number of Topliss-reactive ketones (excluding diaryl/α,β-unsaturated/α-hetero) is 3. The van der Waals surface area contributed by atoms with Gasteiger partial charge in [0, 0.05) is 16.7 Å². The number of ether oxygens (including phenoxy) is 1. The van der Waals surface area contributed by atoms with E-state index >= 15 is 0 Å². The zero-order chi connectivity index (χ0) is 46.0. The Bertz CT molecular complexity index is 2210. The lowest BCUT2D eigenvalue weighted by atomic mass is 9.49. The maximum Gasteiger partial charge on any atom is 0.317 e. The molecule has 4 aromatic rings. The second-order valence-electron chi connectivity index (χ2n) is 20.9. The molecule has 0 radical (unpaired) electrons. The van der Waals surface area contributed by atoms with E-state index in [0.717, 1.165) is 71.1 Å². The summed E-state index contributed by atoms with van der Waals surface area (Å²) < 4.78 is 5.82. The smallest absolute Gasteiger partial charge is 0.317 e. The summed E-state index contributed by atoms with van der Waals surface area (Å²) in [5.41, 5.74) is 6.14. The normalized spacial score (nSPS) is 24.9. The average molecular weight is 958 g/mol. The zero-order valence-corrected chi connectivity index (χ0v) is 42.2. The van der Waals surface area contributed by atoms with E-state index in [-0.39, 0.29) is 28.1 Å². The molecule has 0 amide bonds. The van der Waals surface area contributed by atoms with Gasteiger partial charge in [0.15, 0.2) is 17.3 Å². The number of hydrogen-bond donors (Lipinski definition) is 0. The third-order valence-electron chi connectivity index (χ3n) is 15.8. The van der Waals surface area contributed by atoms with Crippen LogP contribution in [0.25, 0.3) is 11.1 Å². The van der Waals surface area contributed by atoms with Crippen LogP contribution in [0, 0.1) is 23.2 Å². The number of ketones is 3. The molecule has 5 aliphatic carbocycles. The lowest BCUT2D eigenvalue weighted by Crippen LogP contribution is -2.51. The second-order valence-corrected chi connectivity index (χ2v) is 27.9. The van der Waals surface area contributed by atoms with Crippen LogP contribution in [0.2, 0.25) is 0 Å². The van der Waals surface area contributed by atoms with Gasteiger partial charge < -0.3 is 4.74 Å². The highest BCUT2D eigenvalue weighted by atomic mass is 32.2. The van der Waals surface area contributed by atoms with Crippen LogP contribution in [0.15, 0.2) is 103 Å². The van der Waals surface area contributed by atoms with Crippen molar-refractivity contribution in [2.75, 3.05) is 51.8 Å². The zero-order valence-electron chi connectivity index (χ0n) is 39.8. The predicted octanol–water partition coefficient (Wildman–Crippen LogP) is 12.7. The molecule has 67 heavy (non-hydrogen) atoms. The summed E-state index contributed by atoms with van der Waals surface area (Å²) >= 11 is 0. The molecule has 12 rings (SSSR count). The third kappa shape index (κ3) is 13.0. The minimum absolute atomic E-state index is 0.0203. The first kappa shape index (κ1) is 48.4. The molecule has 3 heterocycles. The van der Waals surface area contributed by atoms with Gasteiger partial charge in [-0.25, -0.2) is 0 Å². The van der Waals surface area contributed by atoms with E-state index in [1.54, 1.807) is 0 Å². The van der Waals surface area contributed by atoms with Gasteiger partial charge in [0.25, 0.3) is 0 Å². The van der Waals surface area contributed by atoms with Gasteiger partial charge in [-0.05, 0) is 187 Å². The molecule has 5 nitrogen and oxygen atoms in total. The Morgan fingerprint density at radius 3 is 1.27 bits per heavy atom. The third-order valence-corrected chi connectivity index (χ3v) is 23.0. The number of rotatable bonds is 13. The molecule has 0 atom stereocenters. The van der Waals surface area contributed by atoms with E-state index in [0.29, 0.717) is 44.9 Å². The van der Waals surface area contributed by atoms with E-state index in [1.807, 2.05) is 54.6 Å². The fraction of sp³-hybridized carbons (Fsp3) is 0.525. The van der Waals surface area contributed by atoms with Crippen LogP contribution in [0.4, 0.5) is 0 Å². The van der Waals surface area contributed by atoms with Crippen LogP contribution >= 0.6 is 0 Å². The molecule has 5 saturated carbocycles. The van der Waals surface area contributed by atoms with Crippen LogP contribution < -0.4 is 4.74 Å². The lowest BCUT2D eigenvalue weighted by Gasteiger charge is -2.55. The van der Waals surface area contributed by atoms with E-state index in [9.17, 15) is 19.2 Å². The van der Waals surface area contributed by atoms with Gasteiger partial charge in [0.2, 0.25) is 17.3 Å². The van der Waals surface area contributed by atoms with Gasteiger partial charge in [0.05, 0.1) is 5.41 Å². The first-order valence-electron chi connectivity index (χ1n) is 25.8. The van der Waals surface area contributed by atoms with E-state index in [1.165, 1.54) is 141 Å². The molecule has 8 fully saturated rings. The van der Waals surface area contributed by atoms with Crippen LogP contribution in [-0.2, 0) is 37.5 Å². The Hall–Kier alpha value is -3.59. The summed E-state index contributed by atoms with van der Waals surface area (Å²) in [6, 6.07) is 34.2. The van der Waals surface area contributed by atoms with Gasteiger partial charge in [-0.3, -0.25) is 19.2 Å². The Balaban J connectivity index is 0.000000128. The molecule has 354 valence electrons. The maximum atomic E-state index is 13.0. The molecule has 0 spiro atoms. The standard InChI is InChI=1S/C23H29O3S.C18H25OS.C18H19OS/c24-21(15-27-7-1-2-8-27)19-3-5-20(6-4-19)26-22(25)23-12-16-9-17(13-23)11-18(10-16)14-23;2*19-18(14-20-12-4-5-13-20)17-10-8-16(9-11-17)15-6-2-1-3-7-15/h3-6,16-18H,1-2,7-15H2;8-11,15H,1-7,12-14H2;1-3,6-11H,4-5,12-14H2/q3*+1. The average Bonchev–Trinajstić information content (AvgIpc) is 4.19. The minimum Gasteiger partial charge on any atom is -0.426 e. The van der Waals surface area contributed by atoms with Gasteiger partial charge in [-0.2, -0.15) is 0 Å². The number of esters is 1. The quantitative estimate of drug-likeness (QED) is 0.0577. The Labute approximate surface area is 409 Å². The number of benzene rings is 4. The van der Waals surface area contributed by atoms with E-state index < -0.39 is 0 Å². The van der Waals surface area contributed by atoms with Crippen molar-refractivity contribution in [3.05, 3.63) is 125 Å². The second kappa shape index (κ2) is 23.3. The summed E-state index contributed by atoms with van der Waals surface area (Å²) in [5.74, 6) is 14.2. The molecular formula is C59H73O5S3+3. The monoisotopic (exact) mass is 957 g/mol. The molecule has 0 aromatic heterocycles. The Morgan fingerprint density at radius 1 is 0.448 bits per heavy atom. The van der Waals surface area contributed by atoms with Crippen LogP contribution in [0.3, 0.4) is 0 Å². The highest BCUT2D eigenvalue weighted by Gasteiger charge is 2.55. The molecule has 3 aliphatic heterocycles. The van der Waals surface area contributed by atoms with Crippen molar-refractivity contribution in [2.24, 2.45) is 23.2 Å². The van der Waals surface area contributed by atoms with E-state index in [2.05, 4.69) is 48.5 Å². The van der Waals surface area contributed by atoms with Crippen molar-refractivity contribution in [1.82, 2.24) is 0 Å². The number of carbonyl (C=O) groups is 4. The van der Waals surface area contributed by atoms with Crippen molar-refractivity contribution in [3.63, 3.8) is 0 Å². The molecule has 4 aromatic carbocycles. The minimum atomic E-state index is -0.229. The number of hydrogen-bond acceptors (Lipinski definition) is 5. The predicted molar refractivity (Wildman–Crippen MR) is 283 cm³/mol. The highest BCUT2D eigenvalue weighted by molar-refractivity contribution is 7.98. The Morgan fingerprint density at radius 2 is 0.836 bits per heavy atom. The van der Waals surface area contributed by atoms with Crippen molar-refractivity contribution >= 4 is 56.0 Å². The van der Waals surface area contributed by atoms with Crippen molar-refractivity contribution in [2.45, 2.75) is 115 Å². The summed E-state index contributed by atoms with van der Waals surface area (Å²) in [6.45, 7) is 0. The van der Waals surface area contributed by atoms with Gasteiger partial charge in [-0.15, -0.1) is 0 Å². The molecule has 0 N–H and O–H groups in total. The fourth-order valence-corrected chi connectivity index (χ4v) is 19.3. The summed E-state index contributed by atoms with van der Waals surface area (Å²) in [7, 11) is 1.02. The molecule has 3 saturated heterocycles.